The minimum Gasteiger partial charge on any atom is -0.310 e. The standard InChI is InChI=1S/C54H35NS/c1-2-12-36(13-3-1)37-22-26-42(27-23-37)55(44-30-31-50-52-32-39-14-4-5-15-40(39)34-53(52)56-54(50)35-44)43-28-24-38(25-29-43)45-17-8-9-20-48(45)51-33-41-16-6-7-18-46(41)47-19-10-11-21-49(47)51/h1-35H. The van der Waals surface area contributed by atoms with E-state index in [4.69, 9.17) is 0 Å². The van der Waals surface area contributed by atoms with Crippen LogP contribution in [-0.2, 0) is 0 Å². The average Bonchev–Trinajstić information content (AvgIpc) is 3.62. The first-order chi connectivity index (χ1) is 27.7. The van der Waals surface area contributed by atoms with E-state index in [9.17, 15) is 0 Å². The molecule has 0 saturated heterocycles. The lowest BCUT2D eigenvalue weighted by Gasteiger charge is -2.26. The molecule has 10 aromatic carbocycles. The molecule has 1 nitrogen and oxygen atoms in total. The number of benzene rings is 10. The Balaban J connectivity index is 1.03. The molecule has 0 radical (unpaired) electrons. The summed E-state index contributed by atoms with van der Waals surface area (Å²) in [5.41, 5.74) is 10.7. The molecule has 2 heteroatoms. The van der Waals surface area contributed by atoms with Gasteiger partial charge in [-0.25, -0.2) is 0 Å². The molecule has 56 heavy (non-hydrogen) atoms. The predicted octanol–water partition coefficient (Wildman–Crippen LogP) is 16.0. The third-order valence-corrected chi connectivity index (χ3v) is 12.4. The molecule has 0 N–H and O–H groups in total. The van der Waals surface area contributed by atoms with Crippen molar-refractivity contribution in [1.82, 2.24) is 0 Å². The lowest BCUT2D eigenvalue weighted by molar-refractivity contribution is 1.29. The predicted molar refractivity (Wildman–Crippen MR) is 243 cm³/mol. The monoisotopic (exact) mass is 729 g/mol. The summed E-state index contributed by atoms with van der Waals surface area (Å²) in [6.45, 7) is 0. The van der Waals surface area contributed by atoms with Crippen molar-refractivity contribution >= 4 is 80.9 Å². The summed E-state index contributed by atoms with van der Waals surface area (Å²) < 4.78 is 2.60. The minimum atomic E-state index is 1.11. The zero-order chi connectivity index (χ0) is 37.0. The van der Waals surface area contributed by atoms with Crippen molar-refractivity contribution in [2.45, 2.75) is 0 Å². The highest BCUT2D eigenvalue weighted by atomic mass is 32.1. The molecule has 262 valence electrons. The van der Waals surface area contributed by atoms with E-state index in [1.54, 1.807) is 0 Å². The van der Waals surface area contributed by atoms with Gasteiger partial charge >= 0.3 is 0 Å². The summed E-state index contributed by atoms with van der Waals surface area (Å²) in [6, 6.07) is 77.7. The Morgan fingerprint density at radius 2 is 0.804 bits per heavy atom. The van der Waals surface area contributed by atoms with E-state index in [2.05, 4.69) is 217 Å². The van der Waals surface area contributed by atoms with Crippen molar-refractivity contribution in [3.05, 3.63) is 212 Å². The Labute approximate surface area is 330 Å². The van der Waals surface area contributed by atoms with Gasteiger partial charge in [0, 0.05) is 37.2 Å². The van der Waals surface area contributed by atoms with Crippen molar-refractivity contribution in [2.24, 2.45) is 0 Å². The van der Waals surface area contributed by atoms with Crippen molar-refractivity contribution < 1.29 is 0 Å². The molecule has 0 atom stereocenters. The number of rotatable bonds is 6. The molecule has 0 fully saturated rings. The zero-order valence-electron chi connectivity index (χ0n) is 30.6. The molecule has 0 aliphatic carbocycles. The fraction of sp³-hybridized carbons (Fsp3) is 0. The van der Waals surface area contributed by atoms with E-state index in [1.165, 1.54) is 85.9 Å². The minimum absolute atomic E-state index is 1.11. The normalized spacial score (nSPS) is 11.6. The second-order valence-corrected chi connectivity index (χ2v) is 15.6. The molecule has 0 aliphatic rings. The van der Waals surface area contributed by atoms with Crippen LogP contribution in [0.3, 0.4) is 0 Å². The lowest BCUT2D eigenvalue weighted by Crippen LogP contribution is -2.09. The number of nitrogens with zero attached hydrogens (tertiary/aromatic N) is 1. The first kappa shape index (κ1) is 32.4. The number of thiophene rings is 1. The summed E-state index contributed by atoms with van der Waals surface area (Å²) >= 11 is 1.87. The first-order valence-electron chi connectivity index (χ1n) is 19.2. The summed E-state index contributed by atoms with van der Waals surface area (Å²) in [6.07, 6.45) is 0. The topological polar surface area (TPSA) is 3.24 Å². The van der Waals surface area contributed by atoms with Gasteiger partial charge in [-0.2, -0.15) is 0 Å². The molecule has 1 aromatic heterocycles. The van der Waals surface area contributed by atoms with Crippen LogP contribution in [0, 0.1) is 0 Å². The second kappa shape index (κ2) is 13.4. The maximum Gasteiger partial charge on any atom is 0.0476 e. The molecular weight excluding hydrogens is 695 g/mol. The van der Waals surface area contributed by atoms with Gasteiger partial charge in [-0.3, -0.25) is 0 Å². The fourth-order valence-corrected chi connectivity index (χ4v) is 9.68. The fourth-order valence-electron chi connectivity index (χ4n) is 8.51. The van der Waals surface area contributed by atoms with Gasteiger partial charge < -0.3 is 4.90 Å². The zero-order valence-corrected chi connectivity index (χ0v) is 31.4. The molecule has 0 unspecified atom stereocenters. The molecule has 0 amide bonds. The number of anilines is 3. The first-order valence-corrected chi connectivity index (χ1v) is 20.0. The molecule has 0 bridgehead atoms. The Morgan fingerprint density at radius 1 is 0.268 bits per heavy atom. The Morgan fingerprint density at radius 3 is 1.55 bits per heavy atom. The van der Waals surface area contributed by atoms with Gasteiger partial charge in [0.25, 0.3) is 0 Å². The third-order valence-electron chi connectivity index (χ3n) is 11.2. The summed E-state index contributed by atoms with van der Waals surface area (Å²) in [7, 11) is 0. The third kappa shape index (κ3) is 5.54. The number of fused-ring (bicyclic) bond motifs is 7. The van der Waals surface area contributed by atoms with E-state index in [1.807, 2.05) is 11.3 Å². The van der Waals surface area contributed by atoms with Crippen LogP contribution in [0.15, 0.2) is 212 Å². The van der Waals surface area contributed by atoms with Gasteiger partial charge in [0.1, 0.15) is 0 Å². The van der Waals surface area contributed by atoms with Crippen molar-refractivity contribution in [3.8, 4) is 33.4 Å². The molecule has 0 spiro atoms. The highest BCUT2D eigenvalue weighted by Crippen LogP contribution is 2.44. The molecule has 0 aliphatic heterocycles. The van der Waals surface area contributed by atoms with E-state index >= 15 is 0 Å². The maximum absolute atomic E-state index is 2.39. The van der Waals surface area contributed by atoms with E-state index in [-0.39, 0.29) is 0 Å². The lowest BCUT2D eigenvalue weighted by atomic mass is 9.89. The molecular formula is C54H35NS. The van der Waals surface area contributed by atoms with Crippen molar-refractivity contribution in [2.75, 3.05) is 4.90 Å². The van der Waals surface area contributed by atoms with Crippen LogP contribution in [0.2, 0.25) is 0 Å². The van der Waals surface area contributed by atoms with Crippen LogP contribution < -0.4 is 4.90 Å². The summed E-state index contributed by atoms with van der Waals surface area (Å²) in [5, 5.41) is 10.3. The van der Waals surface area contributed by atoms with Crippen molar-refractivity contribution in [3.63, 3.8) is 0 Å². The molecule has 0 saturated carbocycles. The molecule has 11 aromatic rings. The van der Waals surface area contributed by atoms with Crippen LogP contribution in [0.5, 0.6) is 0 Å². The van der Waals surface area contributed by atoms with Crippen LogP contribution in [0.1, 0.15) is 0 Å². The van der Waals surface area contributed by atoms with Crippen LogP contribution in [0.4, 0.5) is 17.1 Å². The number of hydrogen-bond donors (Lipinski definition) is 0. The molecule has 11 rings (SSSR count). The Kier molecular flexibility index (Phi) is 7.75. The van der Waals surface area contributed by atoms with Gasteiger partial charge in [0.15, 0.2) is 0 Å². The summed E-state index contributed by atoms with van der Waals surface area (Å²) in [4.78, 5) is 2.39. The van der Waals surface area contributed by atoms with Crippen LogP contribution in [-0.4, -0.2) is 0 Å². The van der Waals surface area contributed by atoms with Gasteiger partial charge in [0.05, 0.1) is 0 Å². The van der Waals surface area contributed by atoms with E-state index in [0.717, 1.165) is 17.1 Å². The highest BCUT2D eigenvalue weighted by Gasteiger charge is 2.17. The SMILES string of the molecule is c1ccc(-c2ccc(N(c3ccc(-c4ccccc4-c4cc5ccccc5c5ccccc45)cc3)c3ccc4c(c3)sc3cc5ccccc5cc34)cc2)cc1. The quantitative estimate of drug-likeness (QED) is 0.154. The van der Waals surface area contributed by atoms with Gasteiger partial charge in [-0.15, -0.1) is 11.3 Å². The van der Waals surface area contributed by atoms with Crippen LogP contribution >= 0.6 is 11.3 Å². The van der Waals surface area contributed by atoms with Gasteiger partial charge in [0.2, 0.25) is 0 Å². The second-order valence-electron chi connectivity index (χ2n) is 14.5. The maximum atomic E-state index is 2.39. The van der Waals surface area contributed by atoms with Crippen molar-refractivity contribution in [1.29, 1.82) is 0 Å². The van der Waals surface area contributed by atoms with Gasteiger partial charge in [-0.1, -0.05) is 158 Å². The van der Waals surface area contributed by atoms with Crippen LogP contribution in [0.25, 0.3) is 85.9 Å². The Hall–Kier alpha value is -7.00. The number of hydrogen-bond acceptors (Lipinski definition) is 2. The van der Waals surface area contributed by atoms with E-state index < -0.39 is 0 Å². The average molecular weight is 730 g/mol. The summed E-state index contributed by atoms with van der Waals surface area (Å²) in [5.74, 6) is 0. The van der Waals surface area contributed by atoms with Gasteiger partial charge in [-0.05, 0) is 120 Å². The Bertz CT molecular complexity index is 3230. The largest absolute Gasteiger partial charge is 0.310 e. The van der Waals surface area contributed by atoms with E-state index in [0.29, 0.717) is 0 Å². The highest BCUT2D eigenvalue weighted by molar-refractivity contribution is 7.25. The molecule has 1 heterocycles. The smallest absolute Gasteiger partial charge is 0.0476 e.